The van der Waals surface area contributed by atoms with Crippen LogP contribution in [0.25, 0.3) is 0 Å². The van der Waals surface area contributed by atoms with E-state index in [2.05, 4.69) is 4.90 Å². The number of sulfonamides is 1. The van der Waals surface area contributed by atoms with E-state index in [-0.39, 0.29) is 16.6 Å². The van der Waals surface area contributed by atoms with Gasteiger partial charge in [-0.15, -0.1) is 0 Å². The molecule has 7 nitrogen and oxygen atoms in total. The Morgan fingerprint density at radius 1 is 1.03 bits per heavy atom. The van der Waals surface area contributed by atoms with Gasteiger partial charge in [-0.25, -0.2) is 8.42 Å². The molecule has 1 aliphatic heterocycles. The summed E-state index contributed by atoms with van der Waals surface area (Å²) in [6.45, 7) is 8.74. The van der Waals surface area contributed by atoms with Crippen molar-refractivity contribution in [3.05, 3.63) is 23.8 Å². The molecule has 3 rings (SSSR count). The van der Waals surface area contributed by atoms with Gasteiger partial charge in [0.15, 0.2) is 0 Å². The summed E-state index contributed by atoms with van der Waals surface area (Å²) >= 11 is 0. The van der Waals surface area contributed by atoms with Gasteiger partial charge in [-0.3, -0.25) is 4.79 Å². The maximum atomic E-state index is 13.3. The molecule has 1 amide bonds. The van der Waals surface area contributed by atoms with Crippen molar-refractivity contribution in [3.63, 3.8) is 0 Å². The van der Waals surface area contributed by atoms with Crippen molar-refractivity contribution in [3.8, 4) is 5.75 Å². The number of carbonyl (C=O) groups excluding carboxylic acids is 1. The molecule has 0 atom stereocenters. The molecule has 0 spiro atoms. The van der Waals surface area contributed by atoms with E-state index < -0.39 is 10.0 Å². The molecule has 32 heavy (non-hydrogen) atoms. The largest absolute Gasteiger partial charge is 0.495 e. The van der Waals surface area contributed by atoms with Gasteiger partial charge in [0.25, 0.3) is 5.91 Å². The summed E-state index contributed by atoms with van der Waals surface area (Å²) < 4.78 is 33.0. The first-order chi connectivity index (χ1) is 15.4. The first-order valence-electron chi connectivity index (χ1n) is 12.1. The van der Waals surface area contributed by atoms with E-state index in [0.717, 1.165) is 32.0 Å². The number of hydrogen-bond acceptors (Lipinski definition) is 5. The quantitative estimate of drug-likeness (QED) is 0.588. The normalized spacial score (nSPS) is 19.2. The highest BCUT2D eigenvalue weighted by atomic mass is 32.2. The Bertz CT molecular complexity index is 864. The summed E-state index contributed by atoms with van der Waals surface area (Å²) in [7, 11) is -2.28. The number of nitrogens with zero attached hydrogens (tertiary/aromatic N) is 3. The minimum atomic E-state index is -3.73. The Morgan fingerprint density at radius 3 is 2.41 bits per heavy atom. The molecule has 1 saturated carbocycles. The molecule has 2 fully saturated rings. The fraction of sp³-hybridized carbons (Fsp3) is 0.708. The fourth-order valence-corrected chi connectivity index (χ4v) is 6.63. The van der Waals surface area contributed by atoms with E-state index in [9.17, 15) is 13.2 Å². The molecule has 1 aromatic rings. The Hall–Kier alpha value is -1.64. The lowest BCUT2D eigenvalue weighted by Crippen LogP contribution is -2.37. The van der Waals surface area contributed by atoms with Crippen molar-refractivity contribution >= 4 is 15.9 Å². The van der Waals surface area contributed by atoms with Crippen LogP contribution in [0.15, 0.2) is 23.1 Å². The van der Waals surface area contributed by atoms with Gasteiger partial charge in [-0.2, -0.15) is 4.31 Å². The third-order valence-electron chi connectivity index (χ3n) is 6.85. The van der Waals surface area contributed by atoms with Gasteiger partial charge in [-0.1, -0.05) is 33.1 Å². The zero-order chi connectivity index (χ0) is 23.1. The van der Waals surface area contributed by atoms with Crippen molar-refractivity contribution in [1.29, 1.82) is 0 Å². The van der Waals surface area contributed by atoms with Crippen LogP contribution in [0.5, 0.6) is 5.75 Å². The van der Waals surface area contributed by atoms with Crippen LogP contribution in [0, 0.1) is 5.92 Å². The van der Waals surface area contributed by atoms with E-state index in [1.807, 2.05) is 4.90 Å². The van der Waals surface area contributed by atoms with Crippen LogP contribution in [-0.4, -0.2) is 81.4 Å². The summed E-state index contributed by atoms with van der Waals surface area (Å²) in [4.78, 5) is 17.7. The van der Waals surface area contributed by atoms with Crippen LogP contribution in [0.1, 0.15) is 62.7 Å². The molecule has 2 aliphatic rings. The number of benzene rings is 1. The van der Waals surface area contributed by atoms with Crippen LogP contribution >= 0.6 is 0 Å². The lowest BCUT2D eigenvalue weighted by Gasteiger charge is -2.29. The molecule has 0 N–H and O–H groups in total. The molecule has 8 heteroatoms. The van der Waals surface area contributed by atoms with E-state index in [1.165, 1.54) is 49.6 Å². The highest BCUT2D eigenvalue weighted by molar-refractivity contribution is 7.89. The number of amides is 1. The van der Waals surface area contributed by atoms with Crippen LogP contribution in [0.4, 0.5) is 0 Å². The SMILES string of the molecule is CCN(CC)S(=O)(=O)c1cc(C(=O)N2CCCN(CC3CCCCC3)CC2)ccc1OC. The third kappa shape index (κ3) is 5.83. The first kappa shape index (κ1) is 25.0. The van der Waals surface area contributed by atoms with Crippen LogP contribution in [-0.2, 0) is 10.0 Å². The minimum absolute atomic E-state index is 0.0586. The molecule has 0 radical (unpaired) electrons. The Labute approximate surface area is 193 Å². The minimum Gasteiger partial charge on any atom is -0.495 e. The van der Waals surface area contributed by atoms with E-state index in [4.69, 9.17) is 4.74 Å². The summed E-state index contributed by atoms with van der Waals surface area (Å²) in [5.41, 5.74) is 0.400. The van der Waals surface area contributed by atoms with Gasteiger partial charge in [0.05, 0.1) is 7.11 Å². The Balaban J connectivity index is 1.73. The van der Waals surface area contributed by atoms with Crippen LogP contribution in [0.2, 0.25) is 0 Å². The molecule has 1 heterocycles. The Kier molecular flexibility index (Phi) is 8.96. The summed E-state index contributed by atoms with van der Waals surface area (Å²) in [5, 5.41) is 0. The van der Waals surface area contributed by atoms with Gasteiger partial charge in [-0.05, 0) is 49.9 Å². The van der Waals surface area contributed by atoms with E-state index >= 15 is 0 Å². The first-order valence-corrected chi connectivity index (χ1v) is 13.5. The molecule has 1 aromatic carbocycles. The van der Waals surface area contributed by atoms with Crippen molar-refractivity contribution in [2.24, 2.45) is 5.92 Å². The molecule has 0 aromatic heterocycles. The molecule has 1 saturated heterocycles. The highest BCUT2D eigenvalue weighted by Crippen LogP contribution is 2.29. The molecule has 0 bridgehead atoms. The third-order valence-corrected chi connectivity index (χ3v) is 8.92. The second kappa shape index (κ2) is 11.5. The number of rotatable bonds is 8. The summed E-state index contributed by atoms with van der Waals surface area (Å²) in [5.74, 6) is 0.951. The van der Waals surface area contributed by atoms with Crippen LogP contribution in [0.3, 0.4) is 0 Å². The Morgan fingerprint density at radius 2 is 1.75 bits per heavy atom. The predicted molar refractivity (Wildman–Crippen MR) is 127 cm³/mol. The summed E-state index contributed by atoms with van der Waals surface area (Å²) in [6.07, 6.45) is 7.66. The van der Waals surface area contributed by atoms with Crippen molar-refractivity contribution in [1.82, 2.24) is 14.1 Å². The predicted octanol–water partition coefficient (Wildman–Crippen LogP) is 3.45. The fourth-order valence-electron chi connectivity index (χ4n) is 4.99. The van der Waals surface area contributed by atoms with Crippen molar-refractivity contribution in [2.45, 2.75) is 57.3 Å². The van der Waals surface area contributed by atoms with Crippen molar-refractivity contribution in [2.75, 3.05) is 52.9 Å². The second-order valence-corrected chi connectivity index (χ2v) is 10.8. The summed E-state index contributed by atoms with van der Waals surface area (Å²) in [6, 6.07) is 4.75. The second-order valence-electron chi connectivity index (χ2n) is 8.91. The maximum Gasteiger partial charge on any atom is 0.253 e. The monoisotopic (exact) mass is 465 g/mol. The van der Waals surface area contributed by atoms with Gasteiger partial charge in [0, 0.05) is 44.8 Å². The topological polar surface area (TPSA) is 70.2 Å². The average Bonchev–Trinajstić information content (AvgIpc) is 3.05. The molecule has 0 unspecified atom stereocenters. The average molecular weight is 466 g/mol. The number of ether oxygens (including phenoxy) is 1. The maximum absolute atomic E-state index is 13.3. The van der Waals surface area contributed by atoms with Gasteiger partial charge >= 0.3 is 0 Å². The van der Waals surface area contributed by atoms with Gasteiger partial charge in [0.1, 0.15) is 10.6 Å². The number of hydrogen-bond donors (Lipinski definition) is 0. The highest BCUT2D eigenvalue weighted by Gasteiger charge is 2.28. The smallest absolute Gasteiger partial charge is 0.253 e. The number of methoxy groups -OCH3 is 1. The van der Waals surface area contributed by atoms with Crippen LogP contribution < -0.4 is 4.74 Å². The molecule has 1 aliphatic carbocycles. The van der Waals surface area contributed by atoms with E-state index in [0.29, 0.717) is 31.7 Å². The van der Waals surface area contributed by atoms with Gasteiger partial charge < -0.3 is 14.5 Å². The van der Waals surface area contributed by atoms with Crippen molar-refractivity contribution < 1.29 is 17.9 Å². The van der Waals surface area contributed by atoms with E-state index in [1.54, 1.807) is 26.0 Å². The zero-order valence-corrected chi connectivity index (χ0v) is 20.7. The zero-order valence-electron chi connectivity index (χ0n) is 19.9. The molecule has 180 valence electrons. The lowest BCUT2D eigenvalue weighted by atomic mass is 9.89. The number of carbonyl (C=O) groups is 1. The van der Waals surface area contributed by atoms with Gasteiger partial charge in [0.2, 0.25) is 10.0 Å². The lowest BCUT2D eigenvalue weighted by molar-refractivity contribution is 0.0759. The molecular weight excluding hydrogens is 426 g/mol. The standard InChI is InChI=1S/C24H39N3O4S/c1-4-27(5-2)32(29,30)23-18-21(12-13-22(23)31-3)24(28)26-15-9-14-25(16-17-26)19-20-10-7-6-8-11-20/h12-13,18,20H,4-11,14-17,19H2,1-3H3. The molecular formula is C24H39N3O4S.